The molecule has 0 spiro atoms. The highest BCUT2D eigenvalue weighted by molar-refractivity contribution is 5.36. The maximum absolute atomic E-state index is 5.92. The fourth-order valence-corrected chi connectivity index (χ4v) is 1.88. The van der Waals surface area contributed by atoms with Crippen LogP contribution in [0.4, 0.5) is 0 Å². The Balaban J connectivity index is 2.63. The van der Waals surface area contributed by atoms with Gasteiger partial charge in [-0.2, -0.15) is 0 Å². The molecule has 1 N–H and O–H groups in total. The minimum atomic E-state index is 0.128. The maximum atomic E-state index is 5.92. The Labute approximate surface area is 118 Å². The Morgan fingerprint density at radius 1 is 1.16 bits per heavy atom. The Kier molecular flexibility index (Phi) is 6.36. The Morgan fingerprint density at radius 2 is 1.89 bits per heavy atom. The molecule has 0 radical (unpaired) electrons. The molecule has 0 aliphatic carbocycles. The quantitative estimate of drug-likeness (QED) is 0.734. The summed E-state index contributed by atoms with van der Waals surface area (Å²) in [5.74, 6) is 1.03. The highest BCUT2D eigenvalue weighted by atomic mass is 16.5. The average molecular weight is 263 g/mol. The van der Waals surface area contributed by atoms with E-state index in [9.17, 15) is 0 Å². The number of hydrogen-bond donors (Lipinski definition) is 1. The third kappa shape index (κ3) is 6.63. The van der Waals surface area contributed by atoms with Crippen molar-refractivity contribution in [2.75, 3.05) is 6.61 Å². The average Bonchev–Trinajstić information content (AvgIpc) is 2.33. The molecular weight excluding hydrogens is 234 g/mol. The number of ether oxygens (including phenoxy) is 1. The molecule has 0 bridgehead atoms. The summed E-state index contributed by atoms with van der Waals surface area (Å²) in [5.41, 5.74) is 2.67. The second kappa shape index (κ2) is 7.54. The first kappa shape index (κ1) is 16.0. The monoisotopic (exact) mass is 263 g/mol. The van der Waals surface area contributed by atoms with Crippen molar-refractivity contribution in [2.24, 2.45) is 0 Å². The largest absolute Gasteiger partial charge is 0.493 e. The number of nitrogens with one attached hydrogen (secondary N) is 1. The molecule has 0 aliphatic rings. The lowest BCUT2D eigenvalue weighted by molar-refractivity contribution is 0.300. The Morgan fingerprint density at radius 3 is 2.53 bits per heavy atom. The van der Waals surface area contributed by atoms with E-state index in [0.29, 0.717) is 0 Å². The van der Waals surface area contributed by atoms with Crippen molar-refractivity contribution in [1.82, 2.24) is 5.32 Å². The predicted molar refractivity (Wildman–Crippen MR) is 82.8 cm³/mol. The van der Waals surface area contributed by atoms with Crippen molar-refractivity contribution in [3.8, 4) is 5.75 Å². The van der Waals surface area contributed by atoms with Crippen molar-refractivity contribution in [1.29, 1.82) is 0 Å². The van der Waals surface area contributed by atoms with E-state index in [0.717, 1.165) is 25.3 Å². The molecule has 0 amide bonds. The minimum Gasteiger partial charge on any atom is -0.493 e. The van der Waals surface area contributed by atoms with Crippen LogP contribution < -0.4 is 10.1 Å². The lowest BCUT2D eigenvalue weighted by atomic mass is 10.1. The van der Waals surface area contributed by atoms with Gasteiger partial charge in [-0.15, -0.1) is 0 Å². The highest BCUT2D eigenvalue weighted by Crippen LogP contribution is 2.21. The molecule has 0 atom stereocenters. The first-order valence-electron chi connectivity index (χ1n) is 7.40. The van der Waals surface area contributed by atoms with E-state index in [4.69, 9.17) is 4.74 Å². The van der Waals surface area contributed by atoms with Crippen molar-refractivity contribution in [3.63, 3.8) is 0 Å². The third-order valence-corrected chi connectivity index (χ3v) is 3.03. The van der Waals surface area contributed by atoms with E-state index in [1.54, 1.807) is 0 Å². The summed E-state index contributed by atoms with van der Waals surface area (Å²) in [4.78, 5) is 0. The minimum absolute atomic E-state index is 0.128. The van der Waals surface area contributed by atoms with E-state index in [1.807, 2.05) is 0 Å². The molecule has 19 heavy (non-hydrogen) atoms. The standard InChI is InChI=1S/C17H29NO/c1-6-7-8-11-19-16-10-9-14(2)12-15(16)13-18-17(3,4)5/h9-10,12,18H,6-8,11,13H2,1-5H3. The number of aryl methyl sites for hydroxylation is 1. The first-order chi connectivity index (χ1) is 8.92. The van der Waals surface area contributed by atoms with E-state index in [1.165, 1.54) is 24.0 Å². The molecule has 2 nitrogen and oxygen atoms in total. The SMILES string of the molecule is CCCCCOc1ccc(C)cc1CNC(C)(C)C. The molecule has 0 saturated carbocycles. The topological polar surface area (TPSA) is 21.3 Å². The summed E-state index contributed by atoms with van der Waals surface area (Å²) in [6.45, 7) is 12.6. The van der Waals surface area contributed by atoms with Gasteiger partial charge in [0.15, 0.2) is 0 Å². The molecule has 1 rings (SSSR count). The number of benzene rings is 1. The van der Waals surface area contributed by atoms with Crippen LogP contribution in [-0.2, 0) is 6.54 Å². The van der Waals surface area contributed by atoms with Gasteiger partial charge >= 0.3 is 0 Å². The summed E-state index contributed by atoms with van der Waals surface area (Å²) in [6.07, 6.45) is 3.60. The summed E-state index contributed by atoms with van der Waals surface area (Å²) in [7, 11) is 0. The highest BCUT2D eigenvalue weighted by Gasteiger charge is 2.11. The lowest BCUT2D eigenvalue weighted by Gasteiger charge is -2.22. The zero-order chi connectivity index (χ0) is 14.3. The van der Waals surface area contributed by atoms with E-state index >= 15 is 0 Å². The second-order valence-electron chi connectivity index (χ2n) is 6.27. The van der Waals surface area contributed by atoms with Crippen LogP contribution in [0, 0.1) is 6.92 Å². The van der Waals surface area contributed by atoms with Gasteiger partial charge in [0.05, 0.1) is 6.61 Å². The second-order valence-corrected chi connectivity index (χ2v) is 6.27. The van der Waals surface area contributed by atoms with Crippen LogP contribution in [0.3, 0.4) is 0 Å². The van der Waals surface area contributed by atoms with Gasteiger partial charge in [0, 0.05) is 17.6 Å². The fourth-order valence-electron chi connectivity index (χ4n) is 1.88. The van der Waals surface area contributed by atoms with Gasteiger partial charge in [0.1, 0.15) is 5.75 Å². The summed E-state index contributed by atoms with van der Waals surface area (Å²) in [6, 6.07) is 6.44. The van der Waals surface area contributed by atoms with Crippen LogP contribution in [0.15, 0.2) is 18.2 Å². The van der Waals surface area contributed by atoms with Gasteiger partial charge in [0.25, 0.3) is 0 Å². The number of rotatable bonds is 7. The molecular formula is C17H29NO. The lowest BCUT2D eigenvalue weighted by Crippen LogP contribution is -2.35. The van der Waals surface area contributed by atoms with Crippen LogP contribution in [-0.4, -0.2) is 12.1 Å². The summed E-state index contributed by atoms with van der Waals surface area (Å²) >= 11 is 0. The molecule has 0 fully saturated rings. The summed E-state index contributed by atoms with van der Waals surface area (Å²) in [5, 5.41) is 3.53. The maximum Gasteiger partial charge on any atom is 0.123 e. The number of unbranched alkanes of at least 4 members (excludes halogenated alkanes) is 2. The van der Waals surface area contributed by atoms with Crippen molar-refractivity contribution < 1.29 is 4.74 Å². The zero-order valence-electron chi connectivity index (χ0n) is 13.2. The van der Waals surface area contributed by atoms with Gasteiger partial charge in [-0.1, -0.05) is 37.5 Å². The van der Waals surface area contributed by atoms with Crippen LogP contribution >= 0.6 is 0 Å². The van der Waals surface area contributed by atoms with Gasteiger partial charge < -0.3 is 10.1 Å². The van der Waals surface area contributed by atoms with Gasteiger partial charge in [0.2, 0.25) is 0 Å². The van der Waals surface area contributed by atoms with Crippen LogP contribution in [0.25, 0.3) is 0 Å². The smallest absolute Gasteiger partial charge is 0.123 e. The Hall–Kier alpha value is -1.02. The fraction of sp³-hybridized carbons (Fsp3) is 0.647. The normalized spacial score (nSPS) is 11.6. The van der Waals surface area contributed by atoms with Gasteiger partial charge in [-0.25, -0.2) is 0 Å². The molecule has 108 valence electrons. The predicted octanol–water partition coefficient (Wildman–Crippen LogP) is 4.45. The van der Waals surface area contributed by atoms with Crippen molar-refractivity contribution in [2.45, 2.75) is 66.0 Å². The van der Waals surface area contributed by atoms with Crippen LogP contribution in [0.1, 0.15) is 58.1 Å². The van der Waals surface area contributed by atoms with Crippen molar-refractivity contribution in [3.05, 3.63) is 29.3 Å². The van der Waals surface area contributed by atoms with Crippen molar-refractivity contribution >= 4 is 0 Å². The Bertz CT molecular complexity index is 379. The summed E-state index contributed by atoms with van der Waals surface area (Å²) < 4.78 is 5.92. The number of hydrogen-bond acceptors (Lipinski definition) is 2. The van der Waals surface area contributed by atoms with Crippen LogP contribution in [0.5, 0.6) is 5.75 Å². The van der Waals surface area contributed by atoms with E-state index in [2.05, 4.69) is 58.1 Å². The first-order valence-corrected chi connectivity index (χ1v) is 7.40. The molecule has 0 aromatic heterocycles. The molecule has 1 aromatic carbocycles. The van der Waals surface area contributed by atoms with Crippen LogP contribution in [0.2, 0.25) is 0 Å². The molecule has 2 heteroatoms. The molecule has 1 aromatic rings. The van der Waals surface area contributed by atoms with E-state index < -0.39 is 0 Å². The zero-order valence-corrected chi connectivity index (χ0v) is 13.2. The molecule has 0 heterocycles. The molecule has 0 unspecified atom stereocenters. The third-order valence-electron chi connectivity index (χ3n) is 3.03. The van der Waals surface area contributed by atoms with Gasteiger partial charge in [-0.3, -0.25) is 0 Å². The molecule has 0 saturated heterocycles. The van der Waals surface area contributed by atoms with Gasteiger partial charge in [-0.05, 0) is 40.2 Å². The molecule has 0 aliphatic heterocycles. The van der Waals surface area contributed by atoms with E-state index in [-0.39, 0.29) is 5.54 Å².